The molecule has 2 rings (SSSR count). The topological polar surface area (TPSA) is 58.6 Å². The minimum atomic E-state index is -0.197. The van der Waals surface area contributed by atoms with Crippen LogP contribution in [0, 0.1) is 11.3 Å². The third-order valence-electron chi connectivity index (χ3n) is 4.92. The molecule has 0 saturated carbocycles. The fourth-order valence-electron chi connectivity index (χ4n) is 3.03. The van der Waals surface area contributed by atoms with E-state index in [1.807, 2.05) is 25.1 Å². The fourth-order valence-corrected chi connectivity index (χ4v) is 3.03. The van der Waals surface area contributed by atoms with Crippen LogP contribution in [0.2, 0.25) is 0 Å². The number of ether oxygens (including phenoxy) is 1. The Kier molecular flexibility index (Phi) is 7.06. The number of hydrogen-bond acceptors (Lipinski definition) is 3. The van der Waals surface area contributed by atoms with Gasteiger partial charge in [-0.05, 0) is 37.7 Å². The third-order valence-corrected chi connectivity index (χ3v) is 4.92. The molecule has 2 N–H and O–H groups in total. The highest BCUT2D eigenvalue weighted by Gasteiger charge is 2.32. The SMILES string of the molecule is CC(CCCc1ccccc1)C(=O)NCC1(CO)CCOCC1. The summed E-state index contributed by atoms with van der Waals surface area (Å²) in [6, 6.07) is 10.4. The van der Waals surface area contributed by atoms with Crippen molar-refractivity contribution < 1.29 is 14.6 Å². The highest BCUT2D eigenvalue weighted by Crippen LogP contribution is 2.29. The van der Waals surface area contributed by atoms with Crippen LogP contribution in [0.15, 0.2) is 30.3 Å². The smallest absolute Gasteiger partial charge is 0.222 e. The Morgan fingerprint density at radius 3 is 2.65 bits per heavy atom. The van der Waals surface area contributed by atoms with Crippen molar-refractivity contribution in [2.75, 3.05) is 26.4 Å². The van der Waals surface area contributed by atoms with Gasteiger partial charge in [0.2, 0.25) is 5.91 Å². The Morgan fingerprint density at radius 1 is 1.30 bits per heavy atom. The van der Waals surface area contributed by atoms with Crippen LogP contribution in [0.25, 0.3) is 0 Å². The molecule has 0 spiro atoms. The number of hydrogen-bond donors (Lipinski definition) is 2. The molecule has 1 amide bonds. The zero-order chi connectivity index (χ0) is 16.5. The number of aliphatic hydroxyl groups excluding tert-OH is 1. The standard InChI is InChI=1S/C19H29NO3/c1-16(6-5-9-17-7-3-2-4-8-17)18(22)20-14-19(15-21)10-12-23-13-11-19/h2-4,7-8,16,21H,5-6,9-15H2,1H3,(H,20,22). The first-order chi connectivity index (χ1) is 11.2. The molecule has 0 aromatic heterocycles. The molecule has 1 atom stereocenters. The predicted octanol–water partition coefficient (Wildman–Crippen LogP) is 2.55. The molecule has 0 radical (unpaired) electrons. The van der Waals surface area contributed by atoms with Crippen molar-refractivity contribution in [3.05, 3.63) is 35.9 Å². The Hall–Kier alpha value is -1.39. The van der Waals surface area contributed by atoms with Gasteiger partial charge >= 0.3 is 0 Å². The van der Waals surface area contributed by atoms with Crippen molar-refractivity contribution in [1.82, 2.24) is 5.32 Å². The maximum atomic E-state index is 12.3. The first-order valence-corrected chi connectivity index (χ1v) is 8.65. The first kappa shape index (κ1) is 18.0. The maximum absolute atomic E-state index is 12.3. The van der Waals surface area contributed by atoms with Crippen molar-refractivity contribution in [2.45, 2.75) is 39.0 Å². The Labute approximate surface area is 139 Å². The van der Waals surface area contributed by atoms with Gasteiger partial charge in [-0.3, -0.25) is 4.79 Å². The van der Waals surface area contributed by atoms with Gasteiger partial charge in [-0.2, -0.15) is 0 Å². The number of nitrogens with one attached hydrogen (secondary N) is 1. The zero-order valence-electron chi connectivity index (χ0n) is 14.1. The lowest BCUT2D eigenvalue weighted by atomic mass is 9.81. The monoisotopic (exact) mass is 319 g/mol. The van der Waals surface area contributed by atoms with Crippen LogP contribution in [-0.4, -0.2) is 37.4 Å². The minimum Gasteiger partial charge on any atom is -0.396 e. The molecular weight excluding hydrogens is 290 g/mol. The number of aliphatic hydroxyl groups is 1. The largest absolute Gasteiger partial charge is 0.396 e. The van der Waals surface area contributed by atoms with Crippen LogP contribution in [0.1, 0.15) is 38.2 Å². The summed E-state index contributed by atoms with van der Waals surface area (Å²) in [6.45, 7) is 3.98. The minimum absolute atomic E-state index is 0.00861. The van der Waals surface area contributed by atoms with Crippen molar-refractivity contribution in [3.8, 4) is 0 Å². The summed E-state index contributed by atoms with van der Waals surface area (Å²) in [5.41, 5.74) is 1.12. The van der Waals surface area contributed by atoms with E-state index >= 15 is 0 Å². The van der Waals surface area contributed by atoms with E-state index in [1.54, 1.807) is 0 Å². The van der Waals surface area contributed by atoms with Crippen molar-refractivity contribution in [2.24, 2.45) is 11.3 Å². The Balaban J connectivity index is 1.70. The van der Waals surface area contributed by atoms with Crippen LogP contribution in [-0.2, 0) is 16.0 Å². The van der Waals surface area contributed by atoms with Gasteiger partial charge in [-0.1, -0.05) is 37.3 Å². The number of amides is 1. The second-order valence-corrected chi connectivity index (χ2v) is 6.77. The van der Waals surface area contributed by atoms with Gasteiger partial charge in [0.05, 0.1) is 6.61 Å². The molecule has 1 aromatic carbocycles. The number of carbonyl (C=O) groups is 1. The van der Waals surface area contributed by atoms with Gasteiger partial charge < -0.3 is 15.2 Å². The lowest BCUT2D eigenvalue weighted by molar-refractivity contribution is -0.126. The molecular formula is C19H29NO3. The molecule has 1 fully saturated rings. The van der Waals surface area contributed by atoms with E-state index in [4.69, 9.17) is 4.74 Å². The van der Waals surface area contributed by atoms with E-state index in [1.165, 1.54) is 5.56 Å². The molecule has 1 heterocycles. The van der Waals surface area contributed by atoms with Crippen LogP contribution in [0.5, 0.6) is 0 Å². The normalized spacial score (nSPS) is 18.3. The lowest BCUT2D eigenvalue weighted by Crippen LogP contribution is -2.45. The molecule has 4 heteroatoms. The Morgan fingerprint density at radius 2 is 2.00 bits per heavy atom. The van der Waals surface area contributed by atoms with Gasteiger partial charge in [0.25, 0.3) is 0 Å². The maximum Gasteiger partial charge on any atom is 0.222 e. The van der Waals surface area contributed by atoms with E-state index in [2.05, 4.69) is 17.4 Å². The molecule has 1 aliphatic heterocycles. The summed E-state index contributed by atoms with van der Waals surface area (Å²) >= 11 is 0. The molecule has 1 unspecified atom stereocenters. The second-order valence-electron chi connectivity index (χ2n) is 6.77. The molecule has 1 saturated heterocycles. The zero-order valence-corrected chi connectivity index (χ0v) is 14.1. The van der Waals surface area contributed by atoms with E-state index in [0.717, 1.165) is 32.1 Å². The van der Waals surface area contributed by atoms with Crippen LogP contribution in [0.4, 0.5) is 0 Å². The van der Waals surface area contributed by atoms with Crippen LogP contribution >= 0.6 is 0 Å². The Bertz CT molecular complexity index is 469. The van der Waals surface area contributed by atoms with E-state index in [0.29, 0.717) is 19.8 Å². The molecule has 0 aliphatic carbocycles. The van der Waals surface area contributed by atoms with Crippen LogP contribution < -0.4 is 5.32 Å². The molecule has 0 bridgehead atoms. The van der Waals surface area contributed by atoms with E-state index in [-0.39, 0.29) is 23.8 Å². The summed E-state index contributed by atoms with van der Waals surface area (Å²) in [4.78, 5) is 12.3. The highest BCUT2D eigenvalue weighted by molar-refractivity contribution is 5.78. The molecule has 128 valence electrons. The van der Waals surface area contributed by atoms with E-state index in [9.17, 15) is 9.90 Å². The molecule has 4 nitrogen and oxygen atoms in total. The summed E-state index contributed by atoms with van der Waals surface area (Å²) in [6.07, 6.45) is 4.53. The lowest BCUT2D eigenvalue weighted by Gasteiger charge is -2.35. The average Bonchev–Trinajstić information content (AvgIpc) is 2.61. The quantitative estimate of drug-likeness (QED) is 0.774. The van der Waals surface area contributed by atoms with Gasteiger partial charge in [0, 0.05) is 31.1 Å². The average molecular weight is 319 g/mol. The van der Waals surface area contributed by atoms with Gasteiger partial charge in [-0.15, -0.1) is 0 Å². The molecule has 23 heavy (non-hydrogen) atoms. The number of benzene rings is 1. The summed E-state index contributed by atoms with van der Waals surface area (Å²) in [5.74, 6) is 0.103. The van der Waals surface area contributed by atoms with E-state index < -0.39 is 0 Å². The number of aryl methyl sites for hydroxylation is 1. The van der Waals surface area contributed by atoms with Crippen molar-refractivity contribution in [3.63, 3.8) is 0 Å². The summed E-state index contributed by atoms with van der Waals surface area (Å²) in [7, 11) is 0. The van der Waals surface area contributed by atoms with Crippen LogP contribution in [0.3, 0.4) is 0 Å². The van der Waals surface area contributed by atoms with Crippen molar-refractivity contribution >= 4 is 5.91 Å². The number of rotatable bonds is 8. The summed E-state index contributed by atoms with van der Waals surface area (Å²) in [5, 5.41) is 12.7. The first-order valence-electron chi connectivity index (χ1n) is 8.65. The van der Waals surface area contributed by atoms with Gasteiger partial charge in [0.15, 0.2) is 0 Å². The summed E-state index contributed by atoms with van der Waals surface area (Å²) < 4.78 is 5.35. The molecule has 1 aliphatic rings. The highest BCUT2D eigenvalue weighted by atomic mass is 16.5. The van der Waals surface area contributed by atoms with Gasteiger partial charge in [0.1, 0.15) is 0 Å². The fraction of sp³-hybridized carbons (Fsp3) is 0.632. The number of carbonyl (C=O) groups excluding carboxylic acids is 1. The van der Waals surface area contributed by atoms with Crippen molar-refractivity contribution in [1.29, 1.82) is 0 Å². The predicted molar refractivity (Wildman–Crippen MR) is 91.1 cm³/mol. The molecule has 1 aromatic rings. The third kappa shape index (κ3) is 5.63. The second kappa shape index (κ2) is 9.04. The van der Waals surface area contributed by atoms with Gasteiger partial charge in [-0.25, -0.2) is 0 Å².